The lowest BCUT2D eigenvalue weighted by Gasteiger charge is -2.11. The zero-order valence-corrected chi connectivity index (χ0v) is 10.3. The maximum Gasteiger partial charge on any atom is 0.249 e. The van der Waals surface area contributed by atoms with Gasteiger partial charge in [-0.1, -0.05) is 12.1 Å². The molecule has 0 aliphatic rings. The summed E-state index contributed by atoms with van der Waals surface area (Å²) in [5.41, 5.74) is 11.1. The minimum absolute atomic E-state index is 0.0623. The highest BCUT2D eigenvalue weighted by Crippen LogP contribution is 2.31. The largest absolute Gasteiger partial charge is 0.505 e. The van der Waals surface area contributed by atoms with E-state index in [1.807, 2.05) is 0 Å². The molecule has 102 valence electrons. The number of amides is 2. The summed E-state index contributed by atoms with van der Waals surface area (Å²) in [5, 5.41) is 9.41. The molecular weight excluding hydrogens is 263 g/mol. The molecule has 2 amide bonds. The molecule has 0 aliphatic heterocycles. The third-order valence-electron chi connectivity index (χ3n) is 2.83. The zero-order chi connectivity index (χ0) is 14.9. The van der Waals surface area contributed by atoms with E-state index in [4.69, 9.17) is 11.5 Å². The second-order valence-corrected chi connectivity index (χ2v) is 4.12. The van der Waals surface area contributed by atoms with Gasteiger partial charge in [0.2, 0.25) is 11.8 Å². The molecule has 0 unspecified atom stereocenters. The van der Waals surface area contributed by atoms with Gasteiger partial charge in [0.15, 0.2) is 11.6 Å². The number of halogens is 1. The molecule has 2 aromatic rings. The Balaban J connectivity index is 2.79. The highest BCUT2D eigenvalue weighted by atomic mass is 19.1. The van der Waals surface area contributed by atoms with Crippen molar-refractivity contribution in [2.75, 3.05) is 0 Å². The van der Waals surface area contributed by atoms with Crippen LogP contribution >= 0.6 is 0 Å². The van der Waals surface area contributed by atoms with Crippen molar-refractivity contribution >= 4 is 11.8 Å². The van der Waals surface area contributed by atoms with Crippen LogP contribution in [0, 0.1) is 5.82 Å². The molecule has 0 radical (unpaired) electrons. The van der Waals surface area contributed by atoms with Gasteiger partial charge in [-0.15, -0.1) is 0 Å². The minimum Gasteiger partial charge on any atom is -0.505 e. The monoisotopic (exact) mass is 274 g/mol. The molecule has 0 saturated carbocycles. The van der Waals surface area contributed by atoms with Gasteiger partial charge in [-0.05, 0) is 29.8 Å². The van der Waals surface area contributed by atoms with Crippen molar-refractivity contribution < 1.29 is 19.1 Å². The van der Waals surface area contributed by atoms with E-state index in [9.17, 15) is 19.1 Å². The summed E-state index contributed by atoms with van der Waals surface area (Å²) in [6.45, 7) is 0. The van der Waals surface area contributed by atoms with Crippen molar-refractivity contribution in [3.05, 3.63) is 53.3 Å². The second kappa shape index (κ2) is 5.00. The van der Waals surface area contributed by atoms with E-state index in [0.717, 1.165) is 12.1 Å². The topological polar surface area (TPSA) is 106 Å². The summed E-state index contributed by atoms with van der Waals surface area (Å²) < 4.78 is 13.1. The number of carbonyl (C=O) groups is 2. The Labute approximate surface area is 113 Å². The maximum atomic E-state index is 13.1. The normalized spacial score (nSPS) is 10.2. The van der Waals surface area contributed by atoms with Gasteiger partial charge in [0.25, 0.3) is 0 Å². The van der Waals surface area contributed by atoms with E-state index in [1.165, 1.54) is 24.3 Å². The van der Waals surface area contributed by atoms with Crippen molar-refractivity contribution in [1.29, 1.82) is 0 Å². The van der Waals surface area contributed by atoms with Crippen molar-refractivity contribution in [3.8, 4) is 16.9 Å². The molecule has 20 heavy (non-hydrogen) atoms. The third kappa shape index (κ3) is 2.31. The number of aromatic hydroxyl groups is 1. The van der Waals surface area contributed by atoms with Crippen LogP contribution in [-0.2, 0) is 0 Å². The van der Waals surface area contributed by atoms with Gasteiger partial charge in [0.1, 0.15) is 0 Å². The molecule has 0 heterocycles. The summed E-state index contributed by atoms with van der Waals surface area (Å²) in [6, 6.07) is 7.75. The minimum atomic E-state index is -0.814. The highest BCUT2D eigenvalue weighted by Gasteiger charge is 2.18. The Bertz CT molecular complexity index is 681. The Morgan fingerprint density at radius 2 is 1.55 bits per heavy atom. The molecule has 6 heteroatoms. The van der Waals surface area contributed by atoms with Crippen LogP contribution in [0.15, 0.2) is 36.4 Å². The van der Waals surface area contributed by atoms with Crippen LogP contribution in [0.1, 0.15) is 20.7 Å². The van der Waals surface area contributed by atoms with E-state index in [0.29, 0.717) is 0 Å². The number of hydrogen-bond donors (Lipinski definition) is 3. The van der Waals surface area contributed by atoms with Gasteiger partial charge < -0.3 is 16.6 Å². The van der Waals surface area contributed by atoms with Gasteiger partial charge in [-0.3, -0.25) is 9.59 Å². The highest BCUT2D eigenvalue weighted by molar-refractivity contribution is 6.08. The Kier molecular flexibility index (Phi) is 3.39. The molecule has 0 bridgehead atoms. The third-order valence-corrected chi connectivity index (χ3v) is 2.83. The average Bonchev–Trinajstić information content (AvgIpc) is 2.41. The fraction of sp³-hybridized carbons (Fsp3) is 0. The number of carbonyl (C=O) groups excluding carboxylic acids is 2. The standard InChI is InChI=1S/C14H11FN2O3/c15-10-5-4-7(6-11(10)18)12-8(13(16)19)2-1-3-9(12)14(17)20/h1-6,18H,(H2,16,19)(H2,17,20). The fourth-order valence-electron chi connectivity index (χ4n) is 1.94. The van der Waals surface area contributed by atoms with E-state index in [-0.39, 0.29) is 22.3 Å². The maximum absolute atomic E-state index is 13.1. The first-order chi connectivity index (χ1) is 9.41. The van der Waals surface area contributed by atoms with Gasteiger partial charge in [0.05, 0.1) is 0 Å². The van der Waals surface area contributed by atoms with Crippen molar-refractivity contribution in [2.24, 2.45) is 11.5 Å². The molecule has 2 rings (SSSR count). The van der Waals surface area contributed by atoms with E-state index >= 15 is 0 Å². The second-order valence-electron chi connectivity index (χ2n) is 4.12. The molecular formula is C14H11FN2O3. The van der Waals surface area contributed by atoms with E-state index in [1.54, 1.807) is 0 Å². The van der Waals surface area contributed by atoms with Crippen molar-refractivity contribution in [2.45, 2.75) is 0 Å². The molecule has 0 atom stereocenters. The number of phenols is 1. The predicted octanol–water partition coefficient (Wildman–Crippen LogP) is 1.40. The van der Waals surface area contributed by atoms with Crippen LogP contribution in [0.4, 0.5) is 4.39 Å². The molecule has 0 fully saturated rings. The van der Waals surface area contributed by atoms with Gasteiger partial charge in [0, 0.05) is 16.7 Å². The van der Waals surface area contributed by atoms with Crippen molar-refractivity contribution in [3.63, 3.8) is 0 Å². The molecule has 0 saturated heterocycles. The fourth-order valence-corrected chi connectivity index (χ4v) is 1.94. The lowest BCUT2D eigenvalue weighted by atomic mass is 9.93. The lowest BCUT2D eigenvalue weighted by Crippen LogP contribution is -2.18. The first-order valence-electron chi connectivity index (χ1n) is 5.63. The first-order valence-corrected chi connectivity index (χ1v) is 5.63. The van der Waals surface area contributed by atoms with Crippen LogP contribution < -0.4 is 11.5 Å². The van der Waals surface area contributed by atoms with Crippen LogP contribution in [0.3, 0.4) is 0 Å². The number of benzene rings is 2. The molecule has 0 spiro atoms. The van der Waals surface area contributed by atoms with Crippen LogP contribution in [0.2, 0.25) is 0 Å². The van der Waals surface area contributed by atoms with E-state index in [2.05, 4.69) is 0 Å². The quantitative estimate of drug-likeness (QED) is 0.787. The van der Waals surface area contributed by atoms with Crippen molar-refractivity contribution in [1.82, 2.24) is 0 Å². The summed E-state index contributed by atoms with van der Waals surface area (Å²) >= 11 is 0. The zero-order valence-electron chi connectivity index (χ0n) is 10.3. The summed E-state index contributed by atoms with van der Waals surface area (Å²) in [7, 11) is 0. The van der Waals surface area contributed by atoms with Gasteiger partial charge in [-0.25, -0.2) is 4.39 Å². The van der Waals surface area contributed by atoms with Gasteiger partial charge in [-0.2, -0.15) is 0 Å². The Morgan fingerprint density at radius 1 is 1.00 bits per heavy atom. The van der Waals surface area contributed by atoms with Gasteiger partial charge >= 0.3 is 0 Å². The summed E-state index contributed by atoms with van der Waals surface area (Å²) in [5.74, 6) is -2.93. The van der Waals surface area contributed by atoms with Crippen LogP contribution in [0.5, 0.6) is 5.75 Å². The predicted molar refractivity (Wildman–Crippen MR) is 70.5 cm³/mol. The molecule has 2 aromatic carbocycles. The average molecular weight is 274 g/mol. The van der Waals surface area contributed by atoms with Crippen LogP contribution in [0.25, 0.3) is 11.1 Å². The first kappa shape index (κ1) is 13.5. The smallest absolute Gasteiger partial charge is 0.249 e. The molecule has 5 N–H and O–H groups in total. The molecule has 0 aliphatic carbocycles. The summed E-state index contributed by atoms with van der Waals surface area (Å²) in [4.78, 5) is 22.9. The Morgan fingerprint density at radius 3 is 2.00 bits per heavy atom. The SMILES string of the molecule is NC(=O)c1cccc(C(N)=O)c1-c1ccc(F)c(O)c1. The number of primary amides is 2. The molecule has 5 nitrogen and oxygen atoms in total. The lowest BCUT2D eigenvalue weighted by molar-refractivity contribution is 0.0999. The Hall–Kier alpha value is -2.89. The summed E-state index contributed by atoms with van der Waals surface area (Å²) in [6.07, 6.45) is 0. The van der Waals surface area contributed by atoms with Crippen LogP contribution in [-0.4, -0.2) is 16.9 Å². The number of phenolic OH excluding ortho intramolecular Hbond substituents is 1. The number of nitrogens with two attached hydrogens (primary N) is 2. The number of hydrogen-bond acceptors (Lipinski definition) is 3. The number of rotatable bonds is 3. The van der Waals surface area contributed by atoms with E-state index < -0.39 is 23.4 Å². The molecule has 0 aromatic heterocycles.